The van der Waals surface area contributed by atoms with Crippen LogP contribution in [0, 0.1) is 0 Å². The first-order valence-electron chi connectivity index (χ1n) is 8.84. The molecule has 0 fully saturated rings. The molecule has 2 rings (SSSR count). The highest BCUT2D eigenvalue weighted by atomic mass is 16.5. The molecule has 0 unspecified atom stereocenters. The molecule has 27 heavy (non-hydrogen) atoms. The quantitative estimate of drug-likeness (QED) is 0.253. The fraction of sp³-hybridized carbons (Fsp3) is 0.286. The Labute approximate surface area is 159 Å². The lowest BCUT2D eigenvalue weighted by molar-refractivity contribution is 0.103. The Bertz CT molecular complexity index is 873. The van der Waals surface area contributed by atoms with Gasteiger partial charge in [-0.3, -0.25) is 4.79 Å². The van der Waals surface area contributed by atoms with Crippen molar-refractivity contribution in [3.63, 3.8) is 0 Å². The van der Waals surface area contributed by atoms with Crippen LogP contribution >= 0.6 is 0 Å². The van der Waals surface area contributed by atoms with Crippen LogP contribution in [0.15, 0.2) is 36.4 Å². The Hall–Kier alpha value is -3.15. The van der Waals surface area contributed by atoms with Crippen molar-refractivity contribution in [2.45, 2.75) is 33.3 Å². The number of nitrogens with two attached hydrogens (primary N) is 1. The van der Waals surface area contributed by atoms with Crippen LogP contribution in [0.2, 0.25) is 0 Å². The molecule has 6 nitrogen and oxygen atoms in total. The number of aromatic hydroxyl groups is 2. The van der Waals surface area contributed by atoms with Crippen molar-refractivity contribution in [2.24, 2.45) is 0 Å². The Kier molecular flexibility index (Phi) is 6.34. The molecule has 0 heterocycles. The van der Waals surface area contributed by atoms with E-state index in [2.05, 4.69) is 5.32 Å². The number of benzene rings is 2. The van der Waals surface area contributed by atoms with Crippen LogP contribution < -0.4 is 11.1 Å². The zero-order chi connectivity index (χ0) is 20.1. The number of anilines is 2. The number of phenolic OH excluding ortho intramolecular Hbond substituents is 2. The van der Waals surface area contributed by atoms with Crippen LogP contribution in [0.5, 0.6) is 11.5 Å². The predicted molar refractivity (Wildman–Crippen MR) is 108 cm³/mol. The Morgan fingerprint density at radius 1 is 1.30 bits per heavy atom. The van der Waals surface area contributed by atoms with Gasteiger partial charge in [0.1, 0.15) is 5.76 Å². The van der Waals surface area contributed by atoms with E-state index in [-0.39, 0.29) is 28.9 Å². The molecular formula is C21H26N2O4. The lowest BCUT2D eigenvalue weighted by Crippen LogP contribution is -2.12. The highest BCUT2D eigenvalue weighted by Crippen LogP contribution is 2.42. The van der Waals surface area contributed by atoms with Gasteiger partial charge in [0, 0.05) is 23.9 Å². The minimum absolute atomic E-state index is 0.131. The van der Waals surface area contributed by atoms with Crippen molar-refractivity contribution < 1.29 is 19.7 Å². The molecular weight excluding hydrogens is 344 g/mol. The average Bonchev–Trinajstić information content (AvgIpc) is 2.62. The van der Waals surface area contributed by atoms with Crippen molar-refractivity contribution in [2.75, 3.05) is 18.1 Å². The molecule has 0 aromatic heterocycles. The highest BCUT2D eigenvalue weighted by molar-refractivity contribution is 6.16. The lowest BCUT2D eigenvalue weighted by Gasteiger charge is -2.20. The third-order valence-electron chi connectivity index (χ3n) is 3.92. The summed E-state index contributed by atoms with van der Waals surface area (Å²) in [6.07, 6.45) is 2.37. The van der Waals surface area contributed by atoms with Crippen molar-refractivity contribution in [1.82, 2.24) is 0 Å². The summed E-state index contributed by atoms with van der Waals surface area (Å²) >= 11 is 0. The first-order valence-corrected chi connectivity index (χ1v) is 8.84. The molecule has 0 radical (unpaired) electrons. The number of allylic oxidation sites excluding steroid dienone is 1. The second-order valence-electron chi connectivity index (χ2n) is 6.39. The van der Waals surface area contributed by atoms with Crippen molar-refractivity contribution >= 4 is 22.9 Å². The largest absolute Gasteiger partial charge is 0.504 e. The van der Waals surface area contributed by atoms with Gasteiger partial charge in [0.05, 0.1) is 17.4 Å². The minimum Gasteiger partial charge on any atom is -0.504 e. The maximum atomic E-state index is 13.3. The van der Waals surface area contributed by atoms with Crippen LogP contribution in [0.1, 0.15) is 48.7 Å². The molecule has 0 aliphatic carbocycles. The van der Waals surface area contributed by atoms with E-state index in [0.29, 0.717) is 29.0 Å². The van der Waals surface area contributed by atoms with Gasteiger partial charge in [-0.25, -0.2) is 0 Å². The third kappa shape index (κ3) is 4.34. The minimum atomic E-state index is -0.395. The van der Waals surface area contributed by atoms with E-state index >= 15 is 0 Å². The van der Waals surface area contributed by atoms with Crippen LogP contribution in [-0.2, 0) is 4.74 Å². The summed E-state index contributed by atoms with van der Waals surface area (Å²) < 4.78 is 5.89. The van der Waals surface area contributed by atoms with E-state index in [0.717, 1.165) is 0 Å². The average molecular weight is 370 g/mol. The normalized spacial score (nSPS) is 11.5. The molecule has 0 spiro atoms. The van der Waals surface area contributed by atoms with Gasteiger partial charge >= 0.3 is 0 Å². The highest BCUT2D eigenvalue weighted by Gasteiger charge is 2.26. The zero-order valence-corrected chi connectivity index (χ0v) is 16.0. The molecule has 2 aromatic rings. The van der Waals surface area contributed by atoms with E-state index in [1.807, 2.05) is 26.8 Å². The summed E-state index contributed by atoms with van der Waals surface area (Å²) in [5, 5.41) is 23.3. The molecule has 0 saturated carbocycles. The number of phenols is 2. The van der Waals surface area contributed by atoms with E-state index in [1.165, 1.54) is 6.07 Å². The fourth-order valence-electron chi connectivity index (χ4n) is 2.82. The van der Waals surface area contributed by atoms with E-state index < -0.39 is 5.75 Å². The van der Waals surface area contributed by atoms with Gasteiger partial charge in [-0.05, 0) is 44.5 Å². The van der Waals surface area contributed by atoms with E-state index in [4.69, 9.17) is 10.5 Å². The van der Waals surface area contributed by atoms with Crippen molar-refractivity contribution in [3.8, 4) is 11.5 Å². The predicted octanol–water partition coefficient (Wildman–Crippen LogP) is 4.13. The van der Waals surface area contributed by atoms with Crippen molar-refractivity contribution in [3.05, 3.63) is 53.1 Å². The van der Waals surface area contributed by atoms with Crippen LogP contribution in [0.25, 0.3) is 5.76 Å². The van der Waals surface area contributed by atoms with Gasteiger partial charge in [-0.2, -0.15) is 0 Å². The molecule has 0 aliphatic heterocycles. The maximum Gasteiger partial charge on any atom is 0.196 e. The Balaban J connectivity index is 2.78. The molecule has 0 aliphatic rings. The number of hydrogen-bond donors (Lipinski definition) is 4. The summed E-state index contributed by atoms with van der Waals surface area (Å²) in [5.74, 6) is -0.611. The van der Waals surface area contributed by atoms with Crippen LogP contribution in [0.4, 0.5) is 11.4 Å². The number of ketones is 1. The Morgan fingerprint density at radius 3 is 2.56 bits per heavy atom. The molecule has 0 amide bonds. The monoisotopic (exact) mass is 370 g/mol. The van der Waals surface area contributed by atoms with Crippen LogP contribution in [0.3, 0.4) is 0 Å². The second kappa shape index (κ2) is 8.49. The first-order chi connectivity index (χ1) is 12.8. The molecule has 6 heteroatoms. The summed E-state index contributed by atoms with van der Waals surface area (Å²) in [4.78, 5) is 13.3. The molecule has 144 valence electrons. The number of ether oxygens (including phenoxy) is 1. The molecule has 5 N–H and O–H groups in total. The molecule has 0 atom stereocenters. The topological polar surface area (TPSA) is 105 Å². The zero-order valence-electron chi connectivity index (χ0n) is 16.0. The summed E-state index contributed by atoms with van der Waals surface area (Å²) in [5.41, 5.74) is 7.39. The van der Waals surface area contributed by atoms with Gasteiger partial charge in [-0.15, -0.1) is 0 Å². The van der Waals surface area contributed by atoms with Crippen LogP contribution in [-0.4, -0.2) is 29.1 Å². The van der Waals surface area contributed by atoms with Gasteiger partial charge < -0.3 is 26.0 Å². The number of nitrogen functional groups attached to an aromatic ring is 1. The first kappa shape index (κ1) is 20.2. The van der Waals surface area contributed by atoms with Gasteiger partial charge in [0.25, 0.3) is 0 Å². The Morgan fingerprint density at radius 2 is 2.00 bits per heavy atom. The SMILES string of the molecule is CCC=C(OC(C)C)c1cc(O)c(O)c(NC)c1C(=O)c1cccc(N)c1. The number of hydrogen-bond acceptors (Lipinski definition) is 6. The van der Waals surface area contributed by atoms with E-state index in [9.17, 15) is 15.0 Å². The molecule has 2 aromatic carbocycles. The molecule has 0 saturated heterocycles. The number of carbonyl (C=O) groups is 1. The summed E-state index contributed by atoms with van der Waals surface area (Å²) in [6, 6.07) is 7.95. The third-order valence-corrected chi connectivity index (χ3v) is 3.92. The van der Waals surface area contributed by atoms with E-state index in [1.54, 1.807) is 31.3 Å². The number of carbonyl (C=O) groups excluding carboxylic acids is 1. The maximum absolute atomic E-state index is 13.3. The van der Waals surface area contributed by atoms with Gasteiger partial charge in [-0.1, -0.05) is 19.1 Å². The van der Waals surface area contributed by atoms with Gasteiger partial charge in [0.2, 0.25) is 0 Å². The number of nitrogens with one attached hydrogen (secondary N) is 1. The van der Waals surface area contributed by atoms with Crippen molar-refractivity contribution in [1.29, 1.82) is 0 Å². The summed E-state index contributed by atoms with van der Waals surface area (Å²) in [6.45, 7) is 5.70. The standard InChI is InChI=1S/C21H26N2O4/c1-5-7-17(27-12(2)3)15-11-16(24)21(26)19(23-4)18(15)20(25)13-8-6-9-14(22)10-13/h6-12,23-24,26H,5,22H2,1-4H3. The number of rotatable bonds is 7. The smallest absolute Gasteiger partial charge is 0.196 e. The lowest BCUT2D eigenvalue weighted by atomic mass is 9.93. The molecule has 0 bridgehead atoms. The second-order valence-corrected chi connectivity index (χ2v) is 6.39. The van der Waals surface area contributed by atoms with Gasteiger partial charge in [0.15, 0.2) is 17.3 Å². The fourth-order valence-corrected chi connectivity index (χ4v) is 2.82. The summed E-state index contributed by atoms with van der Waals surface area (Å²) in [7, 11) is 1.57.